The second-order valence-electron chi connectivity index (χ2n) is 9.47. The van der Waals surface area contributed by atoms with Gasteiger partial charge >= 0.3 is 12.1 Å². The second-order valence-corrected chi connectivity index (χ2v) is 9.47. The summed E-state index contributed by atoms with van der Waals surface area (Å²) in [6.45, 7) is 9.30. The first kappa shape index (κ1) is 32.0. The van der Waals surface area contributed by atoms with Gasteiger partial charge in [-0.15, -0.1) is 0 Å². The zero-order valence-electron chi connectivity index (χ0n) is 23.5. The van der Waals surface area contributed by atoms with Crippen molar-refractivity contribution in [2.24, 2.45) is 5.92 Å². The first-order valence-corrected chi connectivity index (χ1v) is 13.5. The van der Waals surface area contributed by atoms with E-state index in [0.29, 0.717) is 31.2 Å². The molecule has 1 aromatic heterocycles. The topological polar surface area (TPSA) is 68.7 Å². The molecule has 1 amide bonds. The number of aromatic nitrogens is 1. The Labute approximate surface area is 227 Å². The van der Waals surface area contributed by atoms with E-state index < -0.39 is 41.2 Å². The van der Waals surface area contributed by atoms with E-state index >= 15 is 4.39 Å². The maximum atomic E-state index is 15.3. The van der Waals surface area contributed by atoms with Crippen LogP contribution in [0, 0.1) is 11.7 Å². The van der Waals surface area contributed by atoms with Crippen molar-refractivity contribution in [3.63, 3.8) is 0 Å². The van der Waals surface area contributed by atoms with Gasteiger partial charge in [0.05, 0.1) is 18.4 Å². The highest BCUT2D eigenvalue weighted by molar-refractivity contribution is 6.04. The molecule has 1 fully saturated rings. The minimum absolute atomic E-state index is 0.0235. The molecule has 0 spiro atoms. The number of pyridine rings is 1. The molecular formula is C29H38F4N2O4. The number of carbonyl (C=O) groups is 2. The summed E-state index contributed by atoms with van der Waals surface area (Å²) in [6.07, 6.45) is 1.66. The number of ether oxygens (including phenoxy) is 2. The lowest BCUT2D eigenvalue weighted by Crippen LogP contribution is -2.42. The van der Waals surface area contributed by atoms with Crippen LogP contribution in [0.2, 0.25) is 0 Å². The first-order chi connectivity index (χ1) is 18.5. The zero-order valence-corrected chi connectivity index (χ0v) is 23.5. The van der Waals surface area contributed by atoms with Gasteiger partial charge in [0, 0.05) is 30.3 Å². The molecule has 1 aliphatic carbocycles. The van der Waals surface area contributed by atoms with Crippen LogP contribution >= 0.6 is 0 Å². The molecule has 0 aliphatic heterocycles. The lowest BCUT2D eigenvalue weighted by molar-refractivity contribution is -0.139. The van der Waals surface area contributed by atoms with Gasteiger partial charge in [0.1, 0.15) is 5.56 Å². The molecule has 10 heteroatoms. The number of esters is 1. The van der Waals surface area contributed by atoms with E-state index in [-0.39, 0.29) is 23.1 Å². The summed E-state index contributed by atoms with van der Waals surface area (Å²) in [7, 11) is 1.12. The largest absolute Gasteiger partial charge is 0.465 e. The first-order valence-electron chi connectivity index (χ1n) is 13.5. The highest BCUT2D eigenvalue weighted by atomic mass is 19.4. The fraction of sp³-hybridized carbons (Fsp3) is 0.552. The number of amides is 1. The molecular weight excluding hydrogens is 516 g/mol. The van der Waals surface area contributed by atoms with Crippen molar-refractivity contribution in [2.45, 2.75) is 91.8 Å². The maximum absolute atomic E-state index is 15.3. The highest BCUT2D eigenvalue weighted by Gasteiger charge is 2.37. The van der Waals surface area contributed by atoms with Crippen LogP contribution in [0.15, 0.2) is 24.4 Å². The fourth-order valence-electron chi connectivity index (χ4n) is 4.60. The van der Waals surface area contributed by atoms with Gasteiger partial charge in [-0.2, -0.15) is 13.2 Å². The summed E-state index contributed by atoms with van der Waals surface area (Å²) < 4.78 is 66.6. The molecule has 1 saturated carbocycles. The van der Waals surface area contributed by atoms with E-state index in [2.05, 4.69) is 4.98 Å². The van der Waals surface area contributed by atoms with Crippen LogP contribution in [0.1, 0.15) is 94.6 Å². The van der Waals surface area contributed by atoms with Crippen molar-refractivity contribution in [2.75, 3.05) is 12.0 Å². The van der Waals surface area contributed by atoms with Gasteiger partial charge in [-0.1, -0.05) is 46.5 Å². The van der Waals surface area contributed by atoms with Gasteiger partial charge in [0.2, 0.25) is 11.8 Å². The predicted octanol–water partition coefficient (Wildman–Crippen LogP) is 8.12. The molecule has 0 N–H and O–H groups in total. The lowest BCUT2D eigenvalue weighted by Gasteiger charge is -2.33. The van der Waals surface area contributed by atoms with Gasteiger partial charge in [-0.3, -0.25) is 4.79 Å². The smallest absolute Gasteiger partial charge is 0.421 e. The van der Waals surface area contributed by atoms with Gasteiger partial charge in [-0.05, 0) is 44.7 Å². The molecule has 0 unspecified atom stereocenters. The van der Waals surface area contributed by atoms with Gasteiger partial charge < -0.3 is 14.4 Å². The minimum Gasteiger partial charge on any atom is -0.465 e. The number of rotatable bonds is 8. The summed E-state index contributed by atoms with van der Waals surface area (Å²) in [5.41, 5.74) is -1.02. The Morgan fingerprint density at radius 2 is 1.74 bits per heavy atom. The van der Waals surface area contributed by atoms with Crippen molar-refractivity contribution in [1.82, 2.24) is 4.98 Å². The maximum Gasteiger partial charge on any atom is 0.421 e. The van der Waals surface area contributed by atoms with E-state index in [1.165, 1.54) is 11.1 Å². The molecule has 1 heterocycles. The van der Waals surface area contributed by atoms with Crippen LogP contribution in [-0.4, -0.2) is 30.0 Å². The van der Waals surface area contributed by atoms with E-state index in [1.54, 1.807) is 13.8 Å². The van der Waals surface area contributed by atoms with Gasteiger partial charge in [0.15, 0.2) is 11.6 Å². The molecule has 39 heavy (non-hydrogen) atoms. The molecule has 1 aromatic carbocycles. The minimum atomic E-state index is -4.80. The van der Waals surface area contributed by atoms with Crippen molar-refractivity contribution in [3.05, 3.63) is 46.9 Å². The molecule has 216 valence electrons. The molecule has 6 nitrogen and oxygen atoms in total. The third kappa shape index (κ3) is 7.92. The van der Waals surface area contributed by atoms with Crippen molar-refractivity contribution in [3.8, 4) is 11.6 Å². The van der Waals surface area contributed by atoms with Crippen LogP contribution in [0.3, 0.4) is 0 Å². The van der Waals surface area contributed by atoms with Crippen LogP contribution in [-0.2, 0) is 22.1 Å². The molecule has 0 saturated heterocycles. The van der Waals surface area contributed by atoms with Gasteiger partial charge in [0.25, 0.3) is 0 Å². The Morgan fingerprint density at radius 1 is 1.10 bits per heavy atom. The summed E-state index contributed by atoms with van der Waals surface area (Å²) in [5.74, 6) is -3.91. The Bertz CT molecular complexity index is 1130. The number of aryl methyl sites for hydroxylation is 1. The number of halogens is 4. The molecule has 0 bridgehead atoms. The Morgan fingerprint density at radius 3 is 2.28 bits per heavy atom. The van der Waals surface area contributed by atoms with Crippen LogP contribution in [0.4, 0.5) is 23.2 Å². The Hall–Kier alpha value is -3.17. The molecule has 3 rings (SSSR count). The average Bonchev–Trinajstić information content (AvgIpc) is 2.91. The summed E-state index contributed by atoms with van der Waals surface area (Å²) >= 11 is 0. The number of methoxy groups -OCH3 is 1. The van der Waals surface area contributed by atoms with Crippen molar-refractivity contribution in [1.29, 1.82) is 0 Å². The number of nitrogens with zero attached hydrogens (tertiary/aromatic N) is 2. The molecule has 2 aromatic rings. The third-order valence-electron chi connectivity index (χ3n) is 6.38. The molecule has 0 atom stereocenters. The SMILES string of the molecule is CC.CCCc1cnc(Oc2cc(C(=O)OC)c(N(C(=O)C3CCCCC3)C(C)C)cc2F)c(C(F)(F)F)c1. The number of carbonyl (C=O) groups excluding carboxylic acids is 2. The zero-order chi connectivity index (χ0) is 29.3. The van der Waals surface area contributed by atoms with Crippen LogP contribution < -0.4 is 9.64 Å². The second kappa shape index (κ2) is 14.3. The van der Waals surface area contributed by atoms with Crippen LogP contribution in [0.25, 0.3) is 0 Å². The van der Waals surface area contributed by atoms with Crippen molar-refractivity contribution >= 4 is 17.6 Å². The van der Waals surface area contributed by atoms with E-state index in [4.69, 9.17) is 9.47 Å². The Kier molecular flexibility index (Phi) is 11.7. The number of hydrogen-bond donors (Lipinski definition) is 0. The highest BCUT2D eigenvalue weighted by Crippen LogP contribution is 2.40. The van der Waals surface area contributed by atoms with E-state index in [0.717, 1.165) is 44.6 Å². The lowest BCUT2D eigenvalue weighted by atomic mass is 9.87. The summed E-state index contributed by atoms with van der Waals surface area (Å²) in [4.78, 5) is 31.2. The Balaban J connectivity index is 0.00000260. The normalized spacial score (nSPS) is 13.9. The van der Waals surface area contributed by atoms with Gasteiger partial charge in [-0.25, -0.2) is 14.2 Å². The number of anilines is 1. The summed E-state index contributed by atoms with van der Waals surface area (Å²) in [5, 5.41) is 0. The standard InChI is InChI=1S/C27H32F4N2O4.C2H6/c1-5-9-17-12-20(27(29,30)31)24(32-15-17)37-23-13-19(26(35)36-4)22(14-21(23)28)33(16(2)3)25(34)18-10-7-6-8-11-18;1-2/h12-16,18H,5-11H2,1-4H3;1-2H3. The quantitative estimate of drug-likeness (QED) is 0.243. The predicted molar refractivity (Wildman–Crippen MR) is 142 cm³/mol. The summed E-state index contributed by atoms with van der Waals surface area (Å²) in [6, 6.07) is 2.39. The van der Waals surface area contributed by atoms with E-state index in [1.807, 2.05) is 20.8 Å². The molecule has 1 aliphatic rings. The number of benzene rings is 1. The molecule has 0 radical (unpaired) electrons. The number of hydrogen-bond acceptors (Lipinski definition) is 5. The average molecular weight is 555 g/mol. The van der Waals surface area contributed by atoms with Crippen molar-refractivity contribution < 1.29 is 36.6 Å². The number of alkyl halides is 3. The monoisotopic (exact) mass is 554 g/mol. The fourth-order valence-corrected chi connectivity index (χ4v) is 4.60. The van der Waals surface area contributed by atoms with Crippen LogP contribution in [0.5, 0.6) is 11.6 Å². The third-order valence-corrected chi connectivity index (χ3v) is 6.38. The van der Waals surface area contributed by atoms with E-state index in [9.17, 15) is 22.8 Å².